The minimum atomic E-state index is -4.23. The van der Waals surface area contributed by atoms with Crippen LogP contribution < -0.4 is 33.1 Å². The van der Waals surface area contributed by atoms with E-state index < -0.39 is 52.1 Å². The summed E-state index contributed by atoms with van der Waals surface area (Å²) in [5.41, 5.74) is 1.08. The van der Waals surface area contributed by atoms with E-state index in [2.05, 4.69) is 14.2 Å². The van der Waals surface area contributed by atoms with Crippen LogP contribution in [0.15, 0.2) is 147 Å². The fourth-order valence-corrected chi connectivity index (χ4v) is 13.0. The molecule has 0 aliphatic heterocycles. The van der Waals surface area contributed by atoms with Crippen molar-refractivity contribution in [3.05, 3.63) is 133 Å². The van der Waals surface area contributed by atoms with Gasteiger partial charge in [-0.15, -0.1) is 0 Å². The summed E-state index contributed by atoms with van der Waals surface area (Å²) < 4.78 is 147. The van der Waals surface area contributed by atoms with Gasteiger partial charge < -0.3 is 23.7 Å². The van der Waals surface area contributed by atoms with Gasteiger partial charge in [0.2, 0.25) is 40.1 Å². The van der Waals surface area contributed by atoms with Crippen LogP contribution in [0.2, 0.25) is 0 Å². The molecule has 0 aliphatic rings. The Hall–Kier alpha value is -5.10. The maximum atomic E-state index is 14.8. The summed E-state index contributed by atoms with van der Waals surface area (Å²) >= 11 is 0. The van der Waals surface area contributed by atoms with Crippen molar-refractivity contribution in [2.45, 2.75) is 96.4 Å². The standard InChI is InChI=1S/C52H70N4O13S4/c1-65-44-20-28-48(29-21-44)70(57,58)53-36-12-11-19-52(55-72(61,62)50-32-24-46(67-3)25-33-50)43(18-10-5-6-15-39-69-41-42-16-8-7-9-17-42)40-56(73(63,64)51-34-26-47(68-4)27-35-51)38-14-13-37-54-71(59,60)49-30-22-45(66-2)23-31-49/h7-9,16-17,20-35,43,52-55H,5-6,10-15,18-19,36-41H2,1-4H3. The summed E-state index contributed by atoms with van der Waals surface area (Å²) in [4.78, 5) is 0.105. The highest BCUT2D eigenvalue weighted by Crippen LogP contribution is 2.28. The van der Waals surface area contributed by atoms with E-state index in [1.54, 1.807) is 48.5 Å². The van der Waals surface area contributed by atoms with Gasteiger partial charge in [-0.3, -0.25) is 0 Å². The lowest BCUT2D eigenvalue weighted by atomic mass is 9.90. The Morgan fingerprint density at radius 1 is 0.452 bits per heavy atom. The maximum absolute atomic E-state index is 14.8. The zero-order valence-corrected chi connectivity index (χ0v) is 45.2. The molecular formula is C52H70N4O13S4. The summed E-state index contributed by atoms with van der Waals surface area (Å²) in [5.74, 6) is 1.35. The van der Waals surface area contributed by atoms with Crippen molar-refractivity contribution in [2.75, 3.05) is 61.2 Å². The van der Waals surface area contributed by atoms with Crippen LogP contribution in [0.25, 0.3) is 0 Å². The highest BCUT2D eigenvalue weighted by molar-refractivity contribution is 7.90. The van der Waals surface area contributed by atoms with Crippen LogP contribution in [0.5, 0.6) is 23.0 Å². The average Bonchev–Trinajstić information content (AvgIpc) is 3.40. The number of hydrogen-bond donors (Lipinski definition) is 3. The number of methoxy groups -OCH3 is 4. The first-order valence-electron chi connectivity index (χ1n) is 24.2. The molecule has 2 atom stereocenters. The van der Waals surface area contributed by atoms with Crippen LogP contribution in [-0.4, -0.2) is 105 Å². The first-order chi connectivity index (χ1) is 35.0. The third-order valence-electron chi connectivity index (χ3n) is 12.2. The van der Waals surface area contributed by atoms with Crippen LogP contribution in [0, 0.1) is 5.92 Å². The van der Waals surface area contributed by atoms with Crippen molar-refractivity contribution in [3.63, 3.8) is 0 Å². The molecule has 0 aromatic heterocycles. The van der Waals surface area contributed by atoms with Crippen molar-refractivity contribution in [1.82, 2.24) is 18.5 Å². The van der Waals surface area contributed by atoms with Gasteiger partial charge in [-0.25, -0.2) is 47.8 Å². The molecule has 0 heterocycles. The SMILES string of the molecule is COc1ccc(S(=O)(=O)NCCCCC(NS(=O)(=O)c2ccc(OC)cc2)C(CCCCCCOCc2ccccc2)CN(CCCCNS(=O)(=O)c2ccc(OC)cc2)S(=O)(=O)c2ccc(OC)cc2)cc1. The molecule has 3 N–H and O–H groups in total. The summed E-state index contributed by atoms with van der Waals surface area (Å²) in [6.07, 6.45) is 4.92. The Balaban J connectivity index is 1.40. The van der Waals surface area contributed by atoms with Gasteiger partial charge in [0.25, 0.3) is 0 Å². The molecule has 5 aromatic rings. The van der Waals surface area contributed by atoms with Crippen LogP contribution in [-0.2, 0) is 51.4 Å². The van der Waals surface area contributed by atoms with Crippen LogP contribution in [0.1, 0.15) is 69.8 Å². The molecule has 17 nitrogen and oxygen atoms in total. The molecule has 5 rings (SSSR count). The lowest BCUT2D eigenvalue weighted by molar-refractivity contribution is 0.116. The van der Waals surface area contributed by atoms with E-state index in [4.69, 9.17) is 23.7 Å². The zero-order chi connectivity index (χ0) is 52.7. The molecule has 400 valence electrons. The van der Waals surface area contributed by atoms with Gasteiger partial charge in [0.1, 0.15) is 23.0 Å². The highest BCUT2D eigenvalue weighted by Gasteiger charge is 2.33. The minimum absolute atomic E-state index is 0.00210. The summed E-state index contributed by atoms with van der Waals surface area (Å²) in [6, 6.07) is 33.0. The maximum Gasteiger partial charge on any atom is 0.243 e. The van der Waals surface area contributed by atoms with Crippen molar-refractivity contribution < 1.29 is 57.4 Å². The Bertz CT molecular complexity index is 2860. The molecule has 0 saturated heterocycles. The van der Waals surface area contributed by atoms with Gasteiger partial charge in [-0.05, 0) is 147 Å². The highest BCUT2D eigenvalue weighted by atomic mass is 32.2. The monoisotopic (exact) mass is 1090 g/mol. The number of unbranched alkanes of at least 4 members (excludes halogenated alkanes) is 5. The fraction of sp³-hybridized carbons (Fsp3) is 0.423. The van der Waals surface area contributed by atoms with Gasteiger partial charge in [-0.2, -0.15) is 4.31 Å². The second kappa shape index (κ2) is 29.1. The number of hydrogen-bond acceptors (Lipinski definition) is 13. The van der Waals surface area contributed by atoms with E-state index in [9.17, 15) is 33.7 Å². The molecular weight excluding hydrogens is 1020 g/mol. The molecule has 2 unspecified atom stereocenters. The Morgan fingerprint density at radius 2 is 0.877 bits per heavy atom. The van der Waals surface area contributed by atoms with E-state index in [0.29, 0.717) is 61.9 Å². The lowest BCUT2D eigenvalue weighted by Crippen LogP contribution is -2.46. The molecule has 0 saturated carbocycles. The number of nitrogens with zero attached hydrogens (tertiary/aromatic N) is 1. The van der Waals surface area contributed by atoms with Crippen molar-refractivity contribution in [1.29, 1.82) is 0 Å². The summed E-state index contributed by atoms with van der Waals surface area (Å²) in [5, 5.41) is 0. The molecule has 5 aromatic carbocycles. The fourth-order valence-electron chi connectivity index (χ4n) is 8.02. The van der Waals surface area contributed by atoms with Gasteiger partial charge >= 0.3 is 0 Å². The Morgan fingerprint density at radius 3 is 1.36 bits per heavy atom. The molecule has 21 heteroatoms. The second-order valence-corrected chi connectivity index (χ2v) is 24.5. The average molecular weight is 1090 g/mol. The smallest absolute Gasteiger partial charge is 0.243 e. The van der Waals surface area contributed by atoms with Gasteiger partial charge in [0.05, 0.1) is 54.6 Å². The molecule has 0 radical (unpaired) electrons. The summed E-state index contributed by atoms with van der Waals surface area (Å²) in [7, 11) is -10.3. The molecule has 0 fully saturated rings. The topological polar surface area (TPSA) is 222 Å². The van der Waals surface area contributed by atoms with Crippen molar-refractivity contribution >= 4 is 40.1 Å². The quantitative estimate of drug-likeness (QED) is 0.0331. The number of sulfonamides is 4. The molecule has 73 heavy (non-hydrogen) atoms. The van der Waals surface area contributed by atoms with E-state index in [1.165, 1.54) is 81.3 Å². The Kier molecular flexibility index (Phi) is 23.4. The predicted octanol–water partition coefficient (Wildman–Crippen LogP) is 7.75. The van der Waals surface area contributed by atoms with Crippen molar-refractivity contribution in [2.24, 2.45) is 5.92 Å². The molecule has 0 aliphatic carbocycles. The van der Waals surface area contributed by atoms with Gasteiger partial charge in [-0.1, -0.05) is 56.0 Å². The number of benzene rings is 5. The summed E-state index contributed by atoms with van der Waals surface area (Å²) in [6.45, 7) is 1.02. The van der Waals surface area contributed by atoms with Crippen LogP contribution in [0.4, 0.5) is 0 Å². The van der Waals surface area contributed by atoms with E-state index in [1.807, 2.05) is 30.3 Å². The largest absolute Gasteiger partial charge is 0.497 e. The van der Waals surface area contributed by atoms with Gasteiger partial charge in [0, 0.05) is 38.8 Å². The van der Waals surface area contributed by atoms with E-state index in [-0.39, 0.29) is 65.0 Å². The third-order valence-corrected chi connectivity index (χ3v) is 18.5. The first kappa shape index (κ1) is 58.8. The van der Waals surface area contributed by atoms with E-state index >= 15 is 0 Å². The second-order valence-electron chi connectivity index (χ2n) is 17.3. The van der Waals surface area contributed by atoms with Crippen LogP contribution in [0.3, 0.4) is 0 Å². The van der Waals surface area contributed by atoms with Crippen molar-refractivity contribution in [3.8, 4) is 23.0 Å². The normalized spacial score (nSPS) is 13.1. The lowest BCUT2D eigenvalue weighted by Gasteiger charge is -2.33. The molecule has 0 bridgehead atoms. The number of nitrogens with one attached hydrogen (secondary N) is 3. The predicted molar refractivity (Wildman–Crippen MR) is 281 cm³/mol. The molecule has 0 amide bonds. The van der Waals surface area contributed by atoms with Crippen LogP contribution >= 0.6 is 0 Å². The minimum Gasteiger partial charge on any atom is -0.497 e. The van der Waals surface area contributed by atoms with E-state index in [0.717, 1.165) is 24.8 Å². The Labute approximate surface area is 433 Å². The zero-order valence-electron chi connectivity index (χ0n) is 42.0. The molecule has 0 spiro atoms. The first-order valence-corrected chi connectivity index (χ1v) is 30.1. The van der Waals surface area contributed by atoms with Gasteiger partial charge in [0.15, 0.2) is 0 Å². The number of rotatable bonds is 35. The third kappa shape index (κ3) is 18.7. The number of ether oxygens (including phenoxy) is 5.